The number of para-hydroxylation sites is 2. The highest BCUT2D eigenvalue weighted by Gasteiger charge is 2.34. The summed E-state index contributed by atoms with van der Waals surface area (Å²) in [4.78, 5) is 25.6. The van der Waals surface area contributed by atoms with E-state index in [1.807, 2.05) is 12.1 Å². The van der Waals surface area contributed by atoms with Crippen molar-refractivity contribution in [3.8, 4) is 5.75 Å². The molecule has 0 aromatic heterocycles. The molecule has 0 heterocycles. The van der Waals surface area contributed by atoms with Crippen molar-refractivity contribution in [2.45, 2.75) is 32.1 Å². The second kappa shape index (κ2) is 10.3. The van der Waals surface area contributed by atoms with Gasteiger partial charge in [0.2, 0.25) is 5.91 Å². The third-order valence-corrected chi connectivity index (χ3v) is 5.59. The van der Waals surface area contributed by atoms with E-state index in [-0.39, 0.29) is 16.9 Å². The first kappa shape index (κ1) is 22.6. The van der Waals surface area contributed by atoms with E-state index in [0.717, 1.165) is 32.1 Å². The topological polar surface area (TPSA) is 85.1 Å². The highest BCUT2D eigenvalue weighted by molar-refractivity contribution is 7.80. The fraction of sp³-hybridized carbons (Fsp3) is 0.348. The summed E-state index contributed by atoms with van der Waals surface area (Å²) in [6, 6.07) is 13.8. The van der Waals surface area contributed by atoms with Crippen LogP contribution in [0.1, 0.15) is 42.5 Å². The van der Waals surface area contributed by atoms with E-state index in [0.29, 0.717) is 22.7 Å². The molecule has 1 aliphatic rings. The lowest BCUT2D eigenvalue weighted by Gasteiger charge is -2.38. The third-order valence-electron chi connectivity index (χ3n) is 5.42. The number of benzene rings is 2. The molecule has 0 atom stereocenters. The normalized spacial score (nSPS) is 13.9. The summed E-state index contributed by atoms with van der Waals surface area (Å²) in [7, 11) is 2.88. The van der Waals surface area contributed by atoms with Gasteiger partial charge in [-0.2, -0.15) is 0 Å². The average molecular weight is 442 g/mol. The molecule has 0 aliphatic heterocycles. The summed E-state index contributed by atoms with van der Waals surface area (Å²) >= 11 is 5.36. The number of ether oxygens (including phenoxy) is 2. The smallest absolute Gasteiger partial charge is 0.337 e. The molecular formula is C23H27N3O4S. The van der Waals surface area contributed by atoms with E-state index in [9.17, 15) is 9.59 Å². The van der Waals surface area contributed by atoms with Crippen molar-refractivity contribution in [1.82, 2.24) is 0 Å². The first-order valence-electron chi connectivity index (χ1n) is 10.2. The first-order valence-corrected chi connectivity index (χ1v) is 10.6. The van der Waals surface area contributed by atoms with Crippen molar-refractivity contribution < 1.29 is 19.1 Å². The van der Waals surface area contributed by atoms with Gasteiger partial charge in [-0.25, -0.2) is 14.8 Å². The molecule has 31 heavy (non-hydrogen) atoms. The number of hydrazine groups is 1. The predicted octanol–water partition coefficient (Wildman–Crippen LogP) is 4.06. The molecule has 2 N–H and O–H groups in total. The summed E-state index contributed by atoms with van der Waals surface area (Å²) in [6.07, 6.45) is 4.79. The molecular weight excluding hydrogens is 414 g/mol. The van der Waals surface area contributed by atoms with Gasteiger partial charge in [-0.05, 0) is 61.5 Å². The Kier molecular flexibility index (Phi) is 7.46. The number of nitrogens with zero attached hydrogens (tertiary/aromatic N) is 2. The van der Waals surface area contributed by atoms with Gasteiger partial charge < -0.3 is 15.2 Å². The van der Waals surface area contributed by atoms with Crippen LogP contribution in [0.5, 0.6) is 5.75 Å². The average Bonchev–Trinajstić information content (AvgIpc) is 2.82. The maximum atomic E-state index is 13.7. The molecule has 1 amide bonds. The molecule has 2 aromatic carbocycles. The number of anilines is 2. The monoisotopic (exact) mass is 441 g/mol. The van der Waals surface area contributed by atoms with Crippen LogP contribution in [0.3, 0.4) is 0 Å². The second-order valence-electron chi connectivity index (χ2n) is 7.35. The van der Waals surface area contributed by atoms with Crippen LogP contribution in [0.4, 0.5) is 11.4 Å². The zero-order chi connectivity index (χ0) is 22.4. The van der Waals surface area contributed by atoms with Crippen LogP contribution in [0.25, 0.3) is 0 Å². The SMILES string of the molecule is COC(=O)c1ccc(N(C(N)=S)N(C(=O)C2CCCCC2)c2ccccc2OC)cc1. The standard InChI is InChI=1S/C23H27N3O4S/c1-29-20-11-7-6-10-19(20)26(21(27)16-8-4-3-5-9-16)25(23(24)31)18-14-12-17(13-15-18)22(28)30-2/h6-7,10-16H,3-5,8-9H2,1-2H3,(H2,24,31). The molecule has 1 fully saturated rings. The van der Waals surface area contributed by atoms with E-state index in [4.69, 9.17) is 27.4 Å². The van der Waals surface area contributed by atoms with Gasteiger partial charge in [-0.3, -0.25) is 4.79 Å². The zero-order valence-electron chi connectivity index (χ0n) is 17.7. The molecule has 0 bridgehead atoms. The van der Waals surface area contributed by atoms with Gasteiger partial charge in [0.25, 0.3) is 0 Å². The Morgan fingerprint density at radius 2 is 1.61 bits per heavy atom. The molecule has 7 nitrogen and oxygen atoms in total. The van der Waals surface area contributed by atoms with Crippen molar-refractivity contribution in [3.05, 3.63) is 54.1 Å². The van der Waals surface area contributed by atoms with E-state index >= 15 is 0 Å². The second-order valence-corrected chi connectivity index (χ2v) is 7.76. The van der Waals surface area contributed by atoms with Gasteiger partial charge in [-0.1, -0.05) is 31.4 Å². The molecule has 8 heteroatoms. The Morgan fingerprint density at radius 1 is 0.968 bits per heavy atom. The van der Waals surface area contributed by atoms with Gasteiger partial charge >= 0.3 is 5.97 Å². The molecule has 0 saturated heterocycles. The lowest BCUT2D eigenvalue weighted by molar-refractivity contribution is -0.123. The third kappa shape index (κ3) is 4.96. The highest BCUT2D eigenvalue weighted by atomic mass is 32.1. The van der Waals surface area contributed by atoms with Crippen molar-refractivity contribution in [2.24, 2.45) is 11.7 Å². The number of thiocarbonyl (C=S) groups is 1. The summed E-state index contributed by atoms with van der Waals surface area (Å²) in [5, 5.41) is 3.00. The summed E-state index contributed by atoms with van der Waals surface area (Å²) in [5.41, 5.74) is 7.60. The molecule has 2 aromatic rings. The van der Waals surface area contributed by atoms with Crippen molar-refractivity contribution in [3.63, 3.8) is 0 Å². The number of esters is 1. The number of amides is 1. The lowest BCUT2D eigenvalue weighted by atomic mass is 9.88. The highest BCUT2D eigenvalue weighted by Crippen LogP contribution is 2.35. The van der Waals surface area contributed by atoms with Crippen molar-refractivity contribution in [1.29, 1.82) is 0 Å². The van der Waals surface area contributed by atoms with Crippen molar-refractivity contribution in [2.75, 3.05) is 24.2 Å². The maximum Gasteiger partial charge on any atom is 0.337 e. The van der Waals surface area contributed by atoms with Crippen LogP contribution >= 0.6 is 12.2 Å². The summed E-state index contributed by atoms with van der Waals surface area (Å²) in [6.45, 7) is 0. The minimum Gasteiger partial charge on any atom is -0.494 e. The fourth-order valence-corrected chi connectivity index (χ4v) is 4.04. The lowest BCUT2D eigenvalue weighted by Crippen LogP contribution is -2.54. The minimum atomic E-state index is -0.451. The van der Waals surface area contributed by atoms with Crippen molar-refractivity contribution >= 4 is 40.6 Å². The van der Waals surface area contributed by atoms with Crippen LogP contribution in [0.2, 0.25) is 0 Å². The number of carbonyl (C=O) groups is 2. The van der Waals surface area contributed by atoms with Crippen LogP contribution in [-0.2, 0) is 9.53 Å². The van der Waals surface area contributed by atoms with E-state index in [1.54, 1.807) is 43.5 Å². The van der Waals surface area contributed by atoms with Crippen LogP contribution < -0.4 is 20.5 Å². The van der Waals surface area contributed by atoms with E-state index in [1.165, 1.54) is 17.1 Å². The molecule has 164 valence electrons. The summed E-state index contributed by atoms with van der Waals surface area (Å²) < 4.78 is 10.3. The minimum absolute atomic E-state index is 0.000818. The Morgan fingerprint density at radius 3 is 2.19 bits per heavy atom. The number of hydrogen-bond acceptors (Lipinski definition) is 5. The molecule has 1 saturated carbocycles. The number of methoxy groups -OCH3 is 2. The Labute approximate surface area is 187 Å². The van der Waals surface area contributed by atoms with E-state index in [2.05, 4.69) is 0 Å². The predicted molar refractivity (Wildman–Crippen MR) is 124 cm³/mol. The molecule has 0 spiro atoms. The van der Waals surface area contributed by atoms with E-state index < -0.39 is 5.97 Å². The van der Waals surface area contributed by atoms with Gasteiger partial charge in [0.05, 0.1) is 25.5 Å². The first-order chi connectivity index (χ1) is 15.0. The fourth-order valence-electron chi connectivity index (χ4n) is 3.85. The van der Waals surface area contributed by atoms with Crippen LogP contribution in [0.15, 0.2) is 48.5 Å². The molecule has 1 aliphatic carbocycles. The summed E-state index contributed by atoms with van der Waals surface area (Å²) in [5.74, 6) is -0.147. The van der Waals surface area contributed by atoms with Crippen LogP contribution in [0, 0.1) is 5.92 Å². The number of rotatable bonds is 5. The quantitative estimate of drug-likeness (QED) is 0.425. The number of hydrogen-bond donors (Lipinski definition) is 1. The zero-order valence-corrected chi connectivity index (χ0v) is 18.6. The van der Waals surface area contributed by atoms with Crippen LogP contribution in [-0.4, -0.2) is 31.2 Å². The molecule has 0 radical (unpaired) electrons. The number of nitrogens with two attached hydrogens (primary N) is 1. The Balaban J connectivity index is 2.09. The van der Waals surface area contributed by atoms with Gasteiger partial charge in [0.15, 0.2) is 5.11 Å². The van der Waals surface area contributed by atoms with Gasteiger partial charge in [-0.15, -0.1) is 0 Å². The Bertz CT molecular complexity index is 942. The molecule has 0 unspecified atom stereocenters. The van der Waals surface area contributed by atoms with Gasteiger partial charge in [0, 0.05) is 5.92 Å². The maximum absolute atomic E-state index is 13.7. The largest absolute Gasteiger partial charge is 0.494 e. The Hall–Kier alpha value is -3.13. The molecule has 3 rings (SSSR count). The van der Waals surface area contributed by atoms with Gasteiger partial charge in [0.1, 0.15) is 11.4 Å². The number of carbonyl (C=O) groups excluding carboxylic acids is 2.